The minimum Gasteiger partial charge on any atom is -0.394 e. The number of ether oxygens (including phenoxy) is 3. The molecule has 0 aromatic carbocycles. The zero-order chi connectivity index (χ0) is 8.10. The molecule has 1 fully saturated rings. The minimum atomic E-state index is -0.00727. The Balaban J connectivity index is 2.20. The molecule has 1 saturated heterocycles. The fraction of sp³-hybridized carbons (Fsp3) is 1.00. The number of aliphatic hydroxyl groups excluding tert-OH is 1. The predicted octanol–water partition coefficient (Wildman–Crippen LogP) is -0.591. The zero-order valence-electron chi connectivity index (χ0n) is 6.66. The highest BCUT2D eigenvalue weighted by Crippen LogP contribution is 2.11. The van der Waals surface area contributed by atoms with Gasteiger partial charge in [-0.05, 0) is 0 Å². The van der Waals surface area contributed by atoms with Gasteiger partial charge in [-0.15, -0.1) is 0 Å². The molecule has 1 aliphatic rings. The maximum atomic E-state index is 8.48. The van der Waals surface area contributed by atoms with Crippen molar-refractivity contribution in [1.29, 1.82) is 0 Å². The lowest BCUT2D eigenvalue weighted by Gasteiger charge is -2.15. The topological polar surface area (TPSA) is 47.9 Å². The molecule has 0 bridgehead atoms. The summed E-state index contributed by atoms with van der Waals surface area (Å²) in [6.45, 7) is 1.56. The summed E-state index contributed by atoms with van der Waals surface area (Å²) in [4.78, 5) is 0. The van der Waals surface area contributed by atoms with Gasteiger partial charge < -0.3 is 19.3 Å². The van der Waals surface area contributed by atoms with Gasteiger partial charge in [0, 0.05) is 7.11 Å². The lowest BCUT2D eigenvalue weighted by atomic mass is 10.2. The molecule has 0 radical (unpaired) electrons. The van der Waals surface area contributed by atoms with Crippen LogP contribution < -0.4 is 0 Å². The Bertz CT molecular complexity index is 107. The van der Waals surface area contributed by atoms with Gasteiger partial charge in [-0.1, -0.05) is 0 Å². The third-order valence-corrected chi connectivity index (χ3v) is 1.70. The Kier molecular flexibility index (Phi) is 3.79. The van der Waals surface area contributed by atoms with Gasteiger partial charge in [0.1, 0.15) is 12.2 Å². The second-order valence-electron chi connectivity index (χ2n) is 2.44. The second-order valence-corrected chi connectivity index (χ2v) is 2.44. The van der Waals surface area contributed by atoms with E-state index >= 15 is 0 Å². The number of methoxy groups -OCH3 is 1. The van der Waals surface area contributed by atoms with Crippen LogP contribution in [0.5, 0.6) is 0 Å². The van der Waals surface area contributed by atoms with E-state index in [4.69, 9.17) is 19.3 Å². The van der Waals surface area contributed by atoms with Gasteiger partial charge in [0.2, 0.25) is 0 Å². The van der Waals surface area contributed by atoms with Crippen molar-refractivity contribution >= 4 is 0 Å². The molecule has 1 heterocycles. The van der Waals surface area contributed by atoms with Crippen LogP contribution in [0.1, 0.15) is 0 Å². The monoisotopic (exact) mass is 162 g/mol. The van der Waals surface area contributed by atoms with Gasteiger partial charge in [0.15, 0.2) is 0 Å². The lowest BCUT2D eigenvalue weighted by Crippen LogP contribution is -2.29. The average molecular weight is 162 g/mol. The SMILES string of the molecule is COC1COCC1OCCO. The first-order valence-corrected chi connectivity index (χ1v) is 3.71. The van der Waals surface area contributed by atoms with Gasteiger partial charge >= 0.3 is 0 Å². The highest BCUT2D eigenvalue weighted by Gasteiger charge is 2.28. The molecule has 1 aliphatic heterocycles. The number of rotatable bonds is 4. The number of aliphatic hydroxyl groups is 1. The predicted molar refractivity (Wildman–Crippen MR) is 38.4 cm³/mol. The van der Waals surface area contributed by atoms with E-state index < -0.39 is 0 Å². The van der Waals surface area contributed by atoms with Crippen molar-refractivity contribution < 1.29 is 19.3 Å². The molecule has 0 saturated carbocycles. The smallest absolute Gasteiger partial charge is 0.109 e. The molecule has 0 amide bonds. The van der Waals surface area contributed by atoms with E-state index in [9.17, 15) is 0 Å². The minimum absolute atomic E-state index is 0.00727. The summed E-state index contributed by atoms with van der Waals surface area (Å²) in [6, 6.07) is 0. The molecule has 4 heteroatoms. The third kappa shape index (κ3) is 2.41. The van der Waals surface area contributed by atoms with Crippen LogP contribution in [-0.4, -0.2) is 50.9 Å². The van der Waals surface area contributed by atoms with E-state index in [1.165, 1.54) is 0 Å². The van der Waals surface area contributed by atoms with Gasteiger partial charge in [-0.2, -0.15) is 0 Å². The van der Waals surface area contributed by atoms with Crippen LogP contribution in [0.15, 0.2) is 0 Å². The zero-order valence-corrected chi connectivity index (χ0v) is 6.66. The summed E-state index contributed by atoms with van der Waals surface area (Å²) in [6.07, 6.45) is 0.0219. The summed E-state index contributed by atoms with van der Waals surface area (Å²) >= 11 is 0. The van der Waals surface area contributed by atoms with Crippen LogP contribution in [0.3, 0.4) is 0 Å². The van der Waals surface area contributed by atoms with Crippen LogP contribution in [0.25, 0.3) is 0 Å². The molecular weight excluding hydrogens is 148 g/mol. The molecule has 66 valence electrons. The fourth-order valence-corrected chi connectivity index (χ4v) is 1.09. The summed E-state index contributed by atoms with van der Waals surface area (Å²) in [7, 11) is 1.63. The molecule has 1 rings (SSSR count). The quantitative estimate of drug-likeness (QED) is 0.600. The first-order valence-electron chi connectivity index (χ1n) is 3.71. The summed E-state index contributed by atoms with van der Waals surface area (Å²) in [5, 5.41) is 8.48. The molecule has 1 N–H and O–H groups in total. The van der Waals surface area contributed by atoms with Crippen LogP contribution in [0.4, 0.5) is 0 Å². The van der Waals surface area contributed by atoms with Gasteiger partial charge in [-0.25, -0.2) is 0 Å². The largest absolute Gasteiger partial charge is 0.394 e. The molecule has 0 aromatic heterocycles. The van der Waals surface area contributed by atoms with Crippen molar-refractivity contribution in [2.75, 3.05) is 33.5 Å². The maximum absolute atomic E-state index is 8.48. The number of hydrogen-bond acceptors (Lipinski definition) is 4. The molecule has 0 spiro atoms. The van der Waals surface area contributed by atoms with Crippen molar-refractivity contribution in [1.82, 2.24) is 0 Å². The Labute approximate surface area is 66.1 Å². The molecule has 0 aromatic rings. The molecule has 2 unspecified atom stereocenters. The third-order valence-electron chi connectivity index (χ3n) is 1.70. The highest BCUT2D eigenvalue weighted by molar-refractivity contribution is 4.75. The first-order chi connectivity index (χ1) is 5.38. The van der Waals surface area contributed by atoms with Gasteiger partial charge in [-0.3, -0.25) is 0 Å². The van der Waals surface area contributed by atoms with Crippen molar-refractivity contribution in [3.05, 3.63) is 0 Å². The van der Waals surface area contributed by atoms with E-state index in [0.717, 1.165) is 0 Å². The Morgan fingerprint density at radius 1 is 1.45 bits per heavy atom. The van der Waals surface area contributed by atoms with Crippen molar-refractivity contribution in [3.63, 3.8) is 0 Å². The molecular formula is C7H14O4. The highest BCUT2D eigenvalue weighted by atomic mass is 16.6. The van der Waals surface area contributed by atoms with E-state index in [1.54, 1.807) is 7.11 Å². The van der Waals surface area contributed by atoms with Crippen LogP contribution in [0.2, 0.25) is 0 Å². The van der Waals surface area contributed by atoms with E-state index in [-0.39, 0.29) is 18.8 Å². The summed E-state index contributed by atoms with van der Waals surface area (Å²) in [5.74, 6) is 0. The second kappa shape index (κ2) is 4.66. The Morgan fingerprint density at radius 2 is 2.18 bits per heavy atom. The normalized spacial score (nSPS) is 31.1. The van der Waals surface area contributed by atoms with Gasteiger partial charge in [0.25, 0.3) is 0 Å². The summed E-state index contributed by atoms with van der Waals surface area (Å²) in [5.41, 5.74) is 0. The lowest BCUT2D eigenvalue weighted by molar-refractivity contribution is -0.0381. The van der Waals surface area contributed by atoms with E-state index in [2.05, 4.69) is 0 Å². The Hall–Kier alpha value is -0.160. The van der Waals surface area contributed by atoms with Crippen LogP contribution >= 0.6 is 0 Å². The molecule has 2 atom stereocenters. The van der Waals surface area contributed by atoms with Crippen molar-refractivity contribution in [3.8, 4) is 0 Å². The van der Waals surface area contributed by atoms with E-state index in [1.807, 2.05) is 0 Å². The van der Waals surface area contributed by atoms with Gasteiger partial charge in [0.05, 0.1) is 26.4 Å². The number of hydrogen-bond donors (Lipinski definition) is 1. The molecule has 11 heavy (non-hydrogen) atoms. The van der Waals surface area contributed by atoms with Crippen LogP contribution in [-0.2, 0) is 14.2 Å². The average Bonchev–Trinajstić information content (AvgIpc) is 2.47. The standard InChI is InChI=1S/C7H14O4/c1-9-6-4-10-5-7(6)11-3-2-8/h6-8H,2-5H2,1H3. The molecule has 4 nitrogen and oxygen atoms in total. The van der Waals surface area contributed by atoms with Crippen molar-refractivity contribution in [2.45, 2.75) is 12.2 Å². The maximum Gasteiger partial charge on any atom is 0.109 e. The van der Waals surface area contributed by atoms with E-state index in [0.29, 0.717) is 19.8 Å². The summed E-state index contributed by atoms with van der Waals surface area (Å²) < 4.78 is 15.5. The fourth-order valence-electron chi connectivity index (χ4n) is 1.09. The Morgan fingerprint density at radius 3 is 2.82 bits per heavy atom. The van der Waals surface area contributed by atoms with Crippen molar-refractivity contribution in [2.24, 2.45) is 0 Å². The van der Waals surface area contributed by atoms with Crippen LogP contribution in [0, 0.1) is 0 Å². The molecule has 0 aliphatic carbocycles. The first kappa shape index (κ1) is 8.93.